The van der Waals surface area contributed by atoms with E-state index in [4.69, 9.17) is 0 Å². The Morgan fingerprint density at radius 2 is 1.93 bits per heavy atom. The summed E-state index contributed by atoms with van der Waals surface area (Å²) in [5.74, 6) is -1.73. The fourth-order valence-electron chi connectivity index (χ4n) is 1.25. The molecule has 0 aliphatic carbocycles. The molecule has 15 heavy (non-hydrogen) atoms. The summed E-state index contributed by atoms with van der Waals surface area (Å²) >= 11 is 1.08. The van der Waals surface area contributed by atoms with Crippen LogP contribution < -0.4 is 0 Å². The molecule has 5 heteroatoms. The van der Waals surface area contributed by atoms with Crippen LogP contribution in [0.15, 0.2) is 23.2 Å². The van der Waals surface area contributed by atoms with E-state index >= 15 is 0 Å². The molecule has 0 aromatic heterocycles. The van der Waals surface area contributed by atoms with E-state index in [0.29, 0.717) is 0 Å². The van der Waals surface area contributed by atoms with Crippen molar-refractivity contribution in [1.29, 1.82) is 0 Å². The van der Waals surface area contributed by atoms with E-state index in [-0.39, 0.29) is 21.8 Å². The van der Waals surface area contributed by atoms with Gasteiger partial charge in [-0.2, -0.15) is 0 Å². The third kappa shape index (κ3) is 1.79. The second-order valence-corrected chi connectivity index (χ2v) is 4.44. The van der Waals surface area contributed by atoms with Crippen LogP contribution in [0, 0.1) is 11.6 Å². The number of hydrogen-bond donors (Lipinski definition) is 0. The van der Waals surface area contributed by atoms with E-state index in [9.17, 15) is 13.6 Å². The maximum Gasteiger partial charge on any atom is 0.260 e. The van der Waals surface area contributed by atoms with Gasteiger partial charge >= 0.3 is 0 Å². The average molecular weight is 227 g/mol. The lowest BCUT2D eigenvalue weighted by Crippen LogP contribution is -2.03. The predicted octanol–water partition coefficient (Wildman–Crippen LogP) is 2.37. The van der Waals surface area contributed by atoms with E-state index < -0.39 is 11.6 Å². The molecule has 0 saturated carbocycles. The van der Waals surface area contributed by atoms with Gasteiger partial charge in [0.05, 0.1) is 10.8 Å². The van der Waals surface area contributed by atoms with Crippen LogP contribution in [0.3, 0.4) is 0 Å². The minimum Gasteiger partial charge on any atom is -0.271 e. The third-order valence-electron chi connectivity index (χ3n) is 2.02. The molecule has 0 spiro atoms. The number of hydrogen-bond acceptors (Lipinski definition) is 2. The molecule has 0 fully saturated rings. The van der Waals surface area contributed by atoms with Crippen LogP contribution in [0.25, 0.3) is 0 Å². The van der Waals surface area contributed by atoms with Crippen LogP contribution in [0.4, 0.5) is 8.78 Å². The highest BCUT2D eigenvalue weighted by atomic mass is 32.2. The van der Waals surface area contributed by atoms with Gasteiger partial charge in [-0.3, -0.25) is 4.79 Å². The topological polar surface area (TPSA) is 29.4 Å². The molecule has 2 nitrogen and oxygen atoms in total. The number of carbonyl (C=O) groups is 1. The van der Waals surface area contributed by atoms with E-state index in [0.717, 1.165) is 23.9 Å². The van der Waals surface area contributed by atoms with Crippen molar-refractivity contribution >= 4 is 22.7 Å². The molecule has 1 aliphatic heterocycles. The maximum absolute atomic E-state index is 13.3. The zero-order chi connectivity index (χ0) is 11.0. The molecule has 0 N–H and O–H groups in total. The summed E-state index contributed by atoms with van der Waals surface area (Å²) in [7, 11) is 0. The minimum atomic E-state index is -0.692. The van der Waals surface area contributed by atoms with Gasteiger partial charge in [0.2, 0.25) is 0 Å². The normalized spacial score (nSPS) is 20.6. The van der Waals surface area contributed by atoms with Crippen LogP contribution in [0.1, 0.15) is 12.5 Å². The molecule has 0 radical (unpaired) electrons. The van der Waals surface area contributed by atoms with Crippen molar-refractivity contribution in [2.75, 3.05) is 0 Å². The van der Waals surface area contributed by atoms with Crippen LogP contribution in [0.2, 0.25) is 0 Å². The number of halogens is 2. The zero-order valence-electron chi connectivity index (χ0n) is 7.83. The molecule has 0 bridgehead atoms. The van der Waals surface area contributed by atoms with Crippen LogP contribution in [-0.2, 0) is 4.79 Å². The number of thioether (sulfide) groups is 1. The second-order valence-electron chi connectivity index (χ2n) is 3.11. The highest BCUT2D eigenvalue weighted by Crippen LogP contribution is 2.28. The molecule has 1 amide bonds. The summed E-state index contributed by atoms with van der Waals surface area (Å²) in [6.45, 7) is 1.66. The van der Waals surface area contributed by atoms with Gasteiger partial charge in [-0.25, -0.2) is 13.8 Å². The molecule has 1 aromatic rings. The Balaban J connectivity index is 2.48. The first-order chi connectivity index (χ1) is 7.09. The molecular formula is C10H7F2NOS. The van der Waals surface area contributed by atoms with Crippen molar-refractivity contribution in [2.24, 2.45) is 4.99 Å². The average Bonchev–Trinajstić information content (AvgIpc) is 2.46. The Labute approximate surface area is 89.4 Å². The quantitative estimate of drug-likeness (QED) is 0.737. The van der Waals surface area contributed by atoms with Gasteiger partial charge < -0.3 is 0 Å². The lowest BCUT2D eigenvalue weighted by molar-refractivity contribution is -0.116. The third-order valence-corrected chi connectivity index (χ3v) is 3.10. The van der Waals surface area contributed by atoms with Gasteiger partial charge in [-0.15, -0.1) is 0 Å². The number of rotatable bonds is 1. The van der Waals surface area contributed by atoms with Crippen molar-refractivity contribution in [3.63, 3.8) is 0 Å². The monoisotopic (exact) mass is 227 g/mol. The molecule has 78 valence electrons. The number of benzene rings is 1. The lowest BCUT2D eigenvalue weighted by Gasteiger charge is -2.03. The first kappa shape index (κ1) is 10.3. The summed E-state index contributed by atoms with van der Waals surface area (Å²) in [5.41, 5.74) is -0.208. The summed E-state index contributed by atoms with van der Waals surface area (Å²) in [6, 6.07) is 3.57. The van der Waals surface area contributed by atoms with Gasteiger partial charge in [0.25, 0.3) is 5.91 Å². The van der Waals surface area contributed by atoms with Gasteiger partial charge in [0.1, 0.15) is 16.7 Å². The lowest BCUT2D eigenvalue weighted by atomic mass is 10.2. The molecular weight excluding hydrogens is 220 g/mol. The fourth-order valence-corrected chi connectivity index (χ4v) is 2.20. The molecule has 1 heterocycles. The Bertz CT molecular complexity index is 438. The summed E-state index contributed by atoms with van der Waals surface area (Å²) in [6.07, 6.45) is 0. The summed E-state index contributed by atoms with van der Waals surface area (Å²) in [5, 5.41) is -0.234. The van der Waals surface area contributed by atoms with Crippen LogP contribution >= 0.6 is 11.8 Å². The molecule has 0 saturated heterocycles. The van der Waals surface area contributed by atoms with Crippen molar-refractivity contribution < 1.29 is 13.6 Å². The summed E-state index contributed by atoms with van der Waals surface area (Å²) < 4.78 is 26.6. The highest BCUT2D eigenvalue weighted by Gasteiger charge is 2.28. The van der Waals surface area contributed by atoms with Crippen LogP contribution in [0.5, 0.6) is 0 Å². The first-order valence-corrected chi connectivity index (χ1v) is 5.21. The Hall–Kier alpha value is -1.23. The number of nitrogens with zero attached hydrogens (tertiary/aromatic N) is 1. The van der Waals surface area contributed by atoms with E-state index in [1.54, 1.807) is 6.92 Å². The Kier molecular flexibility index (Phi) is 2.56. The number of carbonyl (C=O) groups excluding carboxylic acids is 1. The van der Waals surface area contributed by atoms with Gasteiger partial charge in [0, 0.05) is 0 Å². The van der Waals surface area contributed by atoms with Crippen molar-refractivity contribution in [3.8, 4) is 0 Å². The second kappa shape index (κ2) is 3.73. The Morgan fingerprint density at radius 1 is 1.33 bits per heavy atom. The first-order valence-electron chi connectivity index (χ1n) is 4.33. The largest absolute Gasteiger partial charge is 0.271 e. The van der Waals surface area contributed by atoms with Crippen molar-refractivity contribution in [1.82, 2.24) is 0 Å². The van der Waals surface area contributed by atoms with Gasteiger partial charge in [-0.05, 0) is 19.1 Å². The summed E-state index contributed by atoms with van der Waals surface area (Å²) in [4.78, 5) is 14.7. The predicted molar refractivity (Wildman–Crippen MR) is 55.0 cm³/mol. The highest BCUT2D eigenvalue weighted by molar-refractivity contribution is 8.16. The zero-order valence-corrected chi connectivity index (χ0v) is 8.65. The molecule has 1 unspecified atom stereocenters. The minimum absolute atomic E-state index is 0.128. The smallest absolute Gasteiger partial charge is 0.260 e. The SMILES string of the molecule is CC1SC(c2c(F)cccc2F)=NC1=O. The van der Waals surface area contributed by atoms with Crippen molar-refractivity contribution in [2.45, 2.75) is 12.2 Å². The van der Waals surface area contributed by atoms with E-state index in [1.807, 2.05) is 0 Å². The molecule has 2 rings (SSSR count). The van der Waals surface area contributed by atoms with Crippen molar-refractivity contribution in [3.05, 3.63) is 35.4 Å². The fraction of sp³-hybridized carbons (Fsp3) is 0.200. The van der Waals surface area contributed by atoms with Gasteiger partial charge in [0.15, 0.2) is 0 Å². The van der Waals surface area contributed by atoms with Crippen LogP contribution in [-0.4, -0.2) is 16.2 Å². The number of aliphatic imine (C=N–C) groups is 1. The molecule has 1 atom stereocenters. The molecule has 1 aromatic carbocycles. The van der Waals surface area contributed by atoms with E-state index in [2.05, 4.69) is 4.99 Å². The maximum atomic E-state index is 13.3. The van der Waals surface area contributed by atoms with E-state index in [1.165, 1.54) is 6.07 Å². The van der Waals surface area contributed by atoms with Gasteiger partial charge in [-0.1, -0.05) is 17.8 Å². The number of amides is 1. The molecule has 1 aliphatic rings. The Morgan fingerprint density at radius 3 is 2.40 bits per heavy atom. The standard InChI is InChI=1S/C10H7F2NOS/c1-5-9(14)13-10(15-5)8-6(11)3-2-4-7(8)12/h2-5H,1H3.